The number of hydrogen-bond donors (Lipinski definition) is 1. The summed E-state index contributed by atoms with van der Waals surface area (Å²) in [5.74, 6) is 0. The van der Waals surface area contributed by atoms with E-state index in [-0.39, 0.29) is 6.04 Å². The SMILES string of the molecule is CCCNC(C)c1ccc(Br)cc1-n1nc(C)c(Br)c1C. The normalized spacial score (nSPS) is 12.7. The average Bonchev–Trinajstić information content (AvgIpc) is 2.72. The Hall–Kier alpha value is -0.650. The van der Waals surface area contributed by atoms with Crippen molar-refractivity contribution in [3.05, 3.63) is 44.1 Å². The molecule has 1 aromatic heterocycles. The third kappa shape index (κ3) is 3.58. The molecule has 1 heterocycles. The van der Waals surface area contributed by atoms with Crippen LogP contribution < -0.4 is 5.32 Å². The summed E-state index contributed by atoms with van der Waals surface area (Å²) in [6, 6.07) is 6.67. The van der Waals surface area contributed by atoms with E-state index >= 15 is 0 Å². The van der Waals surface area contributed by atoms with Crippen molar-refractivity contribution in [1.29, 1.82) is 0 Å². The predicted molar refractivity (Wildman–Crippen MR) is 95.1 cm³/mol. The van der Waals surface area contributed by atoms with Gasteiger partial charge < -0.3 is 5.32 Å². The number of rotatable bonds is 5. The highest BCUT2D eigenvalue weighted by atomic mass is 79.9. The number of nitrogens with zero attached hydrogens (tertiary/aromatic N) is 2. The van der Waals surface area contributed by atoms with Crippen LogP contribution in [0.2, 0.25) is 0 Å². The topological polar surface area (TPSA) is 29.9 Å². The molecule has 0 aliphatic rings. The molecule has 0 spiro atoms. The number of aromatic nitrogens is 2. The Morgan fingerprint density at radius 1 is 1.29 bits per heavy atom. The fraction of sp³-hybridized carbons (Fsp3) is 0.438. The second-order valence-corrected chi connectivity index (χ2v) is 6.98. The third-order valence-corrected chi connectivity index (χ3v) is 5.23. The first-order valence-corrected chi connectivity index (χ1v) is 8.79. The molecular weight excluding hydrogens is 394 g/mol. The van der Waals surface area contributed by atoms with E-state index in [0.29, 0.717) is 0 Å². The maximum absolute atomic E-state index is 4.67. The van der Waals surface area contributed by atoms with Crippen LogP contribution >= 0.6 is 31.9 Å². The molecule has 2 aromatic rings. The Kier molecular flexibility index (Phi) is 5.63. The van der Waals surface area contributed by atoms with Gasteiger partial charge >= 0.3 is 0 Å². The van der Waals surface area contributed by atoms with Crippen molar-refractivity contribution in [3.8, 4) is 5.69 Å². The van der Waals surface area contributed by atoms with Crippen LogP contribution in [0.5, 0.6) is 0 Å². The van der Waals surface area contributed by atoms with Crippen LogP contribution in [0.1, 0.15) is 43.3 Å². The number of hydrogen-bond acceptors (Lipinski definition) is 2. The fourth-order valence-electron chi connectivity index (χ4n) is 2.40. The van der Waals surface area contributed by atoms with Gasteiger partial charge in [-0.1, -0.05) is 28.9 Å². The van der Waals surface area contributed by atoms with Gasteiger partial charge in [-0.2, -0.15) is 5.10 Å². The van der Waals surface area contributed by atoms with Crippen LogP contribution in [0, 0.1) is 13.8 Å². The Balaban J connectivity index is 2.51. The molecule has 0 aliphatic heterocycles. The molecule has 0 saturated carbocycles. The summed E-state index contributed by atoms with van der Waals surface area (Å²) in [7, 11) is 0. The van der Waals surface area contributed by atoms with Crippen molar-refractivity contribution < 1.29 is 0 Å². The van der Waals surface area contributed by atoms with Gasteiger partial charge in [-0.3, -0.25) is 0 Å². The van der Waals surface area contributed by atoms with E-state index in [1.807, 2.05) is 11.6 Å². The summed E-state index contributed by atoms with van der Waals surface area (Å²) in [6.45, 7) is 9.49. The lowest BCUT2D eigenvalue weighted by molar-refractivity contribution is 0.566. The molecule has 0 aliphatic carbocycles. The Labute approximate surface area is 143 Å². The standard InChI is InChI=1S/C16H21Br2N3/c1-5-8-19-10(2)14-7-6-13(17)9-15(14)21-12(4)16(18)11(3)20-21/h6-7,9-10,19H,5,8H2,1-4H3. The van der Waals surface area contributed by atoms with E-state index in [1.54, 1.807) is 0 Å². The zero-order chi connectivity index (χ0) is 15.6. The molecule has 0 fully saturated rings. The summed E-state index contributed by atoms with van der Waals surface area (Å²) < 4.78 is 4.15. The van der Waals surface area contributed by atoms with Crippen molar-refractivity contribution in [2.45, 2.75) is 40.2 Å². The molecule has 1 N–H and O–H groups in total. The summed E-state index contributed by atoms with van der Waals surface area (Å²) >= 11 is 7.18. The lowest BCUT2D eigenvalue weighted by atomic mass is 10.1. The minimum Gasteiger partial charge on any atom is -0.310 e. The lowest BCUT2D eigenvalue weighted by Crippen LogP contribution is -2.21. The maximum atomic E-state index is 4.67. The van der Waals surface area contributed by atoms with Gasteiger partial charge in [-0.25, -0.2) is 4.68 Å². The van der Waals surface area contributed by atoms with Crippen molar-refractivity contribution in [1.82, 2.24) is 15.1 Å². The Morgan fingerprint density at radius 2 is 2.00 bits per heavy atom. The molecule has 0 bridgehead atoms. The van der Waals surface area contributed by atoms with Gasteiger partial charge in [0.25, 0.3) is 0 Å². The smallest absolute Gasteiger partial charge is 0.0743 e. The van der Waals surface area contributed by atoms with Gasteiger partial charge in [0.15, 0.2) is 0 Å². The molecule has 1 aromatic carbocycles. The molecule has 5 heteroatoms. The van der Waals surface area contributed by atoms with E-state index in [9.17, 15) is 0 Å². The molecule has 0 saturated heterocycles. The minimum absolute atomic E-state index is 0.288. The summed E-state index contributed by atoms with van der Waals surface area (Å²) in [5.41, 5.74) is 4.50. The van der Waals surface area contributed by atoms with E-state index in [2.05, 4.69) is 81.2 Å². The molecule has 0 amide bonds. The summed E-state index contributed by atoms with van der Waals surface area (Å²) in [5, 5.41) is 8.22. The molecular formula is C16H21Br2N3. The molecule has 2 rings (SSSR count). The lowest BCUT2D eigenvalue weighted by Gasteiger charge is -2.19. The van der Waals surface area contributed by atoms with Crippen LogP contribution in [0.4, 0.5) is 0 Å². The second kappa shape index (κ2) is 7.07. The highest BCUT2D eigenvalue weighted by Gasteiger charge is 2.16. The first kappa shape index (κ1) is 16.7. The van der Waals surface area contributed by atoms with Crippen molar-refractivity contribution in [2.24, 2.45) is 0 Å². The van der Waals surface area contributed by atoms with E-state index < -0.39 is 0 Å². The second-order valence-electron chi connectivity index (χ2n) is 5.28. The van der Waals surface area contributed by atoms with Crippen LogP contribution in [0.15, 0.2) is 27.1 Å². The van der Waals surface area contributed by atoms with Crippen LogP contribution in [0.25, 0.3) is 5.69 Å². The predicted octanol–water partition coefficient (Wildman–Crippen LogP) is 5.07. The van der Waals surface area contributed by atoms with Crippen molar-refractivity contribution in [2.75, 3.05) is 6.54 Å². The molecule has 21 heavy (non-hydrogen) atoms. The summed E-state index contributed by atoms with van der Waals surface area (Å²) in [6.07, 6.45) is 1.13. The van der Waals surface area contributed by atoms with Gasteiger partial charge in [0, 0.05) is 10.5 Å². The Morgan fingerprint density at radius 3 is 2.57 bits per heavy atom. The van der Waals surface area contributed by atoms with E-state index in [1.165, 1.54) is 5.56 Å². The highest BCUT2D eigenvalue weighted by Crippen LogP contribution is 2.29. The van der Waals surface area contributed by atoms with Gasteiger partial charge in [0.2, 0.25) is 0 Å². The number of aryl methyl sites for hydroxylation is 1. The summed E-state index contributed by atoms with van der Waals surface area (Å²) in [4.78, 5) is 0. The average molecular weight is 415 g/mol. The number of halogens is 2. The highest BCUT2D eigenvalue weighted by molar-refractivity contribution is 9.10. The van der Waals surface area contributed by atoms with Gasteiger partial charge in [0.05, 0.1) is 21.5 Å². The van der Waals surface area contributed by atoms with E-state index in [0.717, 1.165) is 39.0 Å². The number of benzene rings is 1. The van der Waals surface area contributed by atoms with Gasteiger partial charge in [-0.05, 0) is 67.4 Å². The molecule has 0 radical (unpaired) electrons. The molecule has 1 atom stereocenters. The number of nitrogens with one attached hydrogen (secondary N) is 1. The quantitative estimate of drug-likeness (QED) is 0.739. The fourth-order valence-corrected chi connectivity index (χ4v) is 2.99. The monoisotopic (exact) mass is 413 g/mol. The van der Waals surface area contributed by atoms with Crippen molar-refractivity contribution >= 4 is 31.9 Å². The zero-order valence-corrected chi connectivity index (χ0v) is 16.0. The van der Waals surface area contributed by atoms with Gasteiger partial charge in [-0.15, -0.1) is 0 Å². The molecule has 114 valence electrons. The molecule has 1 unspecified atom stereocenters. The Bertz CT molecular complexity index is 635. The van der Waals surface area contributed by atoms with Crippen LogP contribution in [-0.4, -0.2) is 16.3 Å². The largest absolute Gasteiger partial charge is 0.310 e. The first-order chi connectivity index (χ1) is 9.95. The zero-order valence-electron chi connectivity index (χ0n) is 12.9. The third-order valence-electron chi connectivity index (χ3n) is 3.59. The van der Waals surface area contributed by atoms with Gasteiger partial charge in [0.1, 0.15) is 0 Å². The minimum atomic E-state index is 0.288. The van der Waals surface area contributed by atoms with Crippen molar-refractivity contribution in [3.63, 3.8) is 0 Å². The maximum Gasteiger partial charge on any atom is 0.0743 e. The molecule has 3 nitrogen and oxygen atoms in total. The van der Waals surface area contributed by atoms with Crippen LogP contribution in [-0.2, 0) is 0 Å². The first-order valence-electron chi connectivity index (χ1n) is 7.20. The van der Waals surface area contributed by atoms with Crippen LogP contribution in [0.3, 0.4) is 0 Å². The van der Waals surface area contributed by atoms with E-state index in [4.69, 9.17) is 0 Å².